The Hall–Kier alpha value is -1.06. The van der Waals surface area contributed by atoms with E-state index in [4.69, 9.17) is 5.73 Å². The maximum absolute atomic E-state index is 11.8. The van der Waals surface area contributed by atoms with Crippen LogP contribution in [0.1, 0.15) is 46.0 Å². The topological polar surface area (TPSA) is 63.4 Å². The van der Waals surface area contributed by atoms with Crippen LogP contribution in [0, 0.1) is 5.92 Å². The van der Waals surface area contributed by atoms with Gasteiger partial charge in [0.2, 0.25) is 11.8 Å². The summed E-state index contributed by atoms with van der Waals surface area (Å²) >= 11 is 0. The van der Waals surface area contributed by atoms with Gasteiger partial charge in [-0.3, -0.25) is 9.59 Å². The molecule has 0 aromatic heterocycles. The molecule has 0 aromatic rings. The molecule has 0 bridgehead atoms. The van der Waals surface area contributed by atoms with Crippen LogP contribution in [0.2, 0.25) is 0 Å². The maximum Gasteiger partial charge on any atom is 0.240 e. The third-order valence-corrected chi connectivity index (χ3v) is 3.30. The lowest BCUT2D eigenvalue weighted by Crippen LogP contribution is -2.45. The van der Waals surface area contributed by atoms with Gasteiger partial charge in [0, 0.05) is 13.0 Å². The Morgan fingerprint density at radius 3 is 2.75 bits per heavy atom. The molecule has 4 nitrogen and oxygen atoms in total. The van der Waals surface area contributed by atoms with Crippen molar-refractivity contribution < 1.29 is 9.59 Å². The van der Waals surface area contributed by atoms with E-state index >= 15 is 0 Å². The van der Waals surface area contributed by atoms with Gasteiger partial charge in [0.25, 0.3) is 0 Å². The van der Waals surface area contributed by atoms with Gasteiger partial charge in [-0.1, -0.05) is 26.7 Å². The summed E-state index contributed by atoms with van der Waals surface area (Å²) in [7, 11) is 0. The average molecular weight is 226 g/mol. The highest BCUT2D eigenvalue weighted by Crippen LogP contribution is 2.25. The summed E-state index contributed by atoms with van der Waals surface area (Å²) < 4.78 is 0. The number of rotatable bonds is 6. The highest BCUT2D eigenvalue weighted by Gasteiger charge is 2.35. The third kappa shape index (κ3) is 2.97. The van der Waals surface area contributed by atoms with Crippen LogP contribution in [0.3, 0.4) is 0 Å². The molecule has 0 saturated carbocycles. The lowest BCUT2D eigenvalue weighted by Gasteiger charge is -2.24. The average Bonchev–Trinajstić information content (AvgIpc) is 2.58. The first-order chi connectivity index (χ1) is 7.60. The second kappa shape index (κ2) is 5.87. The van der Waals surface area contributed by atoms with Gasteiger partial charge in [-0.25, -0.2) is 0 Å². The summed E-state index contributed by atoms with van der Waals surface area (Å²) in [5.74, 6) is 0.125. The van der Waals surface area contributed by atoms with Crippen LogP contribution in [0.4, 0.5) is 0 Å². The Labute approximate surface area is 97.2 Å². The van der Waals surface area contributed by atoms with Gasteiger partial charge in [0.15, 0.2) is 0 Å². The second-order valence-corrected chi connectivity index (χ2v) is 4.58. The van der Waals surface area contributed by atoms with Crippen molar-refractivity contribution in [2.45, 2.75) is 52.0 Å². The quantitative estimate of drug-likeness (QED) is 0.741. The van der Waals surface area contributed by atoms with Crippen LogP contribution in [-0.2, 0) is 9.59 Å². The van der Waals surface area contributed by atoms with Crippen molar-refractivity contribution >= 4 is 11.8 Å². The highest BCUT2D eigenvalue weighted by atomic mass is 16.2. The summed E-state index contributed by atoms with van der Waals surface area (Å²) in [5.41, 5.74) is 5.30. The van der Waals surface area contributed by atoms with Crippen molar-refractivity contribution in [1.82, 2.24) is 4.90 Å². The van der Waals surface area contributed by atoms with E-state index in [1.807, 2.05) is 6.92 Å². The molecule has 1 heterocycles. The number of hydrogen-bond donors (Lipinski definition) is 1. The molecule has 1 saturated heterocycles. The van der Waals surface area contributed by atoms with Crippen LogP contribution >= 0.6 is 0 Å². The summed E-state index contributed by atoms with van der Waals surface area (Å²) in [6.07, 6.45) is 4.58. The predicted molar refractivity (Wildman–Crippen MR) is 62.6 cm³/mol. The van der Waals surface area contributed by atoms with E-state index in [9.17, 15) is 9.59 Å². The number of likely N-dealkylation sites (tertiary alicyclic amines) is 1. The third-order valence-electron chi connectivity index (χ3n) is 3.30. The summed E-state index contributed by atoms with van der Waals surface area (Å²) in [5, 5.41) is 0. The van der Waals surface area contributed by atoms with E-state index in [-0.39, 0.29) is 11.8 Å². The zero-order valence-corrected chi connectivity index (χ0v) is 10.2. The number of nitrogens with zero attached hydrogens (tertiary/aromatic N) is 1. The zero-order valence-electron chi connectivity index (χ0n) is 10.2. The normalized spacial score (nSPS) is 22.5. The van der Waals surface area contributed by atoms with Gasteiger partial charge in [-0.15, -0.1) is 0 Å². The Balaban J connectivity index is 2.56. The maximum atomic E-state index is 11.8. The number of carbonyl (C=O) groups excluding carboxylic acids is 2. The smallest absolute Gasteiger partial charge is 0.240 e. The van der Waals surface area contributed by atoms with Crippen molar-refractivity contribution in [2.75, 3.05) is 6.54 Å². The molecule has 0 spiro atoms. The molecular formula is C12H22N2O2. The predicted octanol–water partition coefficient (Wildman–Crippen LogP) is 1.29. The molecule has 0 aromatic carbocycles. The number of hydrogen-bond acceptors (Lipinski definition) is 2. The lowest BCUT2D eigenvalue weighted by atomic mass is 10.0. The van der Waals surface area contributed by atoms with E-state index in [0.29, 0.717) is 25.3 Å². The van der Waals surface area contributed by atoms with Crippen LogP contribution in [0.25, 0.3) is 0 Å². The Morgan fingerprint density at radius 2 is 2.25 bits per heavy atom. The Morgan fingerprint density at radius 1 is 1.56 bits per heavy atom. The second-order valence-electron chi connectivity index (χ2n) is 4.58. The standard InChI is InChI=1S/C12H22N2O2/c1-3-5-6-9-7-11(15)14(8-9)10(4-2)12(13)16/h9-10H,3-8H2,1-2H3,(H2,13,16)/t9-,10+/m1/s1. The fourth-order valence-corrected chi connectivity index (χ4v) is 2.37. The molecular weight excluding hydrogens is 204 g/mol. The van der Waals surface area contributed by atoms with Crippen LogP contribution in [-0.4, -0.2) is 29.3 Å². The molecule has 2 atom stereocenters. The molecule has 2 N–H and O–H groups in total. The van der Waals surface area contributed by atoms with Crippen LogP contribution in [0.15, 0.2) is 0 Å². The molecule has 2 amide bonds. The highest BCUT2D eigenvalue weighted by molar-refractivity contribution is 5.87. The monoisotopic (exact) mass is 226 g/mol. The molecule has 1 aliphatic heterocycles. The van der Waals surface area contributed by atoms with E-state index < -0.39 is 6.04 Å². The van der Waals surface area contributed by atoms with Crippen molar-refractivity contribution in [3.63, 3.8) is 0 Å². The molecule has 1 fully saturated rings. The fourth-order valence-electron chi connectivity index (χ4n) is 2.37. The molecule has 16 heavy (non-hydrogen) atoms. The molecule has 92 valence electrons. The minimum absolute atomic E-state index is 0.0896. The van der Waals surface area contributed by atoms with Gasteiger partial charge in [-0.05, 0) is 18.8 Å². The van der Waals surface area contributed by atoms with Crippen LogP contribution in [0.5, 0.6) is 0 Å². The lowest BCUT2D eigenvalue weighted by molar-refractivity contribution is -0.136. The summed E-state index contributed by atoms with van der Waals surface area (Å²) in [6, 6.07) is -0.404. The number of nitrogens with two attached hydrogens (primary N) is 1. The largest absolute Gasteiger partial charge is 0.368 e. The first-order valence-electron chi connectivity index (χ1n) is 6.18. The van der Waals surface area contributed by atoms with E-state index in [2.05, 4.69) is 6.92 Å². The number of amides is 2. The van der Waals surface area contributed by atoms with E-state index in [1.165, 1.54) is 0 Å². The van der Waals surface area contributed by atoms with Crippen molar-refractivity contribution in [2.24, 2.45) is 11.7 Å². The number of unbranched alkanes of at least 4 members (excludes halogenated alkanes) is 1. The number of carbonyl (C=O) groups is 2. The molecule has 1 aliphatic rings. The van der Waals surface area contributed by atoms with Crippen molar-refractivity contribution in [3.8, 4) is 0 Å². The summed E-state index contributed by atoms with van der Waals surface area (Å²) in [6.45, 7) is 4.75. The SMILES string of the molecule is CCCC[C@@H]1CC(=O)N([C@@H](CC)C(N)=O)C1. The molecule has 4 heteroatoms. The molecule has 0 unspecified atom stereocenters. The molecule has 0 radical (unpaired) electrons. The van der Waals surface area contributed by atoms with Gasteiger partial charge in [-0.2, -0.15) is 0 Å². The molecule has 1 rings (SSSR count). The Kier molecular flexibility index (Phi) is 4.77. The summed E-state index contributed by atoms with van der Waals surface area (Å²) in [4.78, 5) is 24.7. The molecule has 0 aliphatic carbocycles. The fraction of sp³-hybridized carbons (Fsp3) is 0.833. The minimum Gasteiger partial charge on any atom is -0.368 e. The first-order valence-corrected chi connectivity index (χ1v) is 6.18. The van der Waals surface area contributed by atoms with Crippen LogP contribution < -0.4 is 5.73 Å². The number of primary amides is 1. The van der Waals surface area contributed by atoms with Crippen molar-refractivity contribution in [1.29, 1.82) is 0 Å². The van der Waals surface area contributed by atoms with Gasteiger partial charge >= 0.3 is 0 Å². The first kappa shape index (κ1) is 13.0. The van der Waals surface area contributed by atoms with Gasteiger partial charge in [0.1, 0.15) is 6.04 Å². The minimum atomic E-state index is -0.404. The van der Waals surface area contributed by atoms with E-state index in [0.717, 1.165) is 19.3 Å². The van der Waals surface area contributed by atoms with Crippen molar-refractivity contribution in [3.05, 3.63) is 0 Å². The zero-order chi connectivity index (χ0) is 12.1. The Bertz CT molecular complexity index is 266. The van der Waals surface area contributed by atoms with Gasteiger partial charge < -0.3 is 10.6 Å². The van der Waals surface area contributed by atoms with E-state index in [1.54, 1.807) is 4.90 Å². The van der Waals surface area contributed by atoms with Gasteiger partial charge in [0.05, 0.1) is 0 Å².